The smallest absolute Gasteiger partial charge is 0.142 e. The number of rotatable bonds is 8. The molecular formula is C17H24ClN5O. The van der Waals surface area contributed by atoms with Crippen LogP contribution in [0, 0.1) is 6.92 Å². The molecule has 7 heteroatoms. The standard InChI is InChI=1S/C17H24ClN5O/c1-12-20-16(19-8-5-9-23(2)3)11-17(21-12)22-14-10-13(18)6-7-15(14)24-4/h6-7,10-11H,5,8-9H2,1-4H3,(H2,19,20,21,22). The van der Waals surface area contributed by atoms with Crippen molar-refractivity contribution in [1.82, 2.24) is 14.9 Å². The third-order valence-electron chi connectivity index (χ3n) is 3.35. The Kier molecular flexibility index (Phi) is 6.63. The zero-order valence-corrected chi connectivity index (χ0v) is 15.3. The Hall–Kier alpha value is -2.05. The molecule has 0 radical (unpaired) electrons. The van der Waals surface area contributed by atoms with Crippen molar-refractivity contribution in [2.75, 3.05) is 44.9 Å². The summed E-state index contributed by atoms with van der Waals surface area (Å²) in [5, 5.41) is 7.21. The van der Waals surface area contributed by atoms with Gasteiger partial charge in [-0.3, -0.25) is 0 Å². The first-order valence-electron chi connectivity index (χ1n) is 7.83. The highest BCUT2D eigenvalue weighted by Crippen LogP contribution is 2.30. The van der Waals surface area contributed by atoms with E-state index in [-0.39, 0.29) is 0 Å². The second-order valence-corrected chi connectivity index (χ2v) is 6.18. The van der Waals surface area contributed by atoms with Gasteiger partial charge in [0.05, 0.1) is 12.8 Å². The summed E-state index contributed by atoms with van der Waals surface area (Å²) in [4.78, 5) is 11.0. The molecule has 2 aromatic rings. The van der Waals surface area contributed by atoms with Gasteiger partial charge in [0.1, 0.15) is 23.2 Å². The summed E-state index contributed by atoms with van der Waals surface area (Å²) in [6.45, 7) is 3.75. The Morgan fingerprint density at radius 2 is 1.92 bits per heavy atom. The molecule has 0 amide bonds. The largest absolute Gasteiger partial charge is 0.495 e. The average molecular weight is 350 g/mol. The van der Waals surface area contributed by atoms with Gasteiger partial charge in [0.2, 0.25) is 0 Å². The van der Waals surface area contributed by atoms with Crippen molar-refractivity contribution in [2.45, 2.75) is 13.3 Å². The van der Waals surface area contributed by atoms with Gasteiger partial charge in [-0.15, -0.1) is 0 Å². The Bertz CT molecular complexity index is 678. The molecule has 0 aliphatic carbocycles. The normalized spacial score (nSPS) is 10.8. The van der Waals surface area contributed by atoms with E-state index in [4.69, 9.17) is 16.3 Å². The van der Waals surface area contributed by atoms with Gasteiger partial charge in [0.25, 0.3) is 0 Å². The minimum atomic E-state index is 0.631. The zero-order valence-electron chi connectivity index (χ0n) is 14.6. The molecule has 6 nitrogen and oxygen atoms in total. The van der Waals surface area contributed by atoms with Crippen LogP contribution in [0.2, 0.25) is 5.02 Å². The van der Waals surface area contributed by atoms with Gasteiger partial charge in [-0.05, 0) is 52.2 Å². The Balaban J connectivity index is 2.09. The molecule has 0 saturated heterocycles. The highest BCUT2D eigenvalue weighted by Gasteiger charge is 2.07. The summed E-state index contributed by atoms with van der Waals surface area (Å²) in [5.41, 5.74) is 0.765. The van der Waals surface area contributed by atoms with Gasteiger partial charge >= 0.3 is 0 Å². The van der Waals surface area contributed by atoms with Gasteiger partial charge in [-0.25, -0.2) is 9.97 Å². The lowest BCUT2D eigenvalue weighted by atomic mass is 10.3. The zero-order chi connectivity index (χ0) is 17.5. The van der Waals surface area contributed by atoms with Crippen molar-refractivity contribution in [3.05, 3.63) is 35.1 Å². The molecule has 0 unspecified atom stereocenters. The summed E-state index contributed by atoms with van der Waals surface area (Å²) in [6, 6.07) is 7.29. The number of hydrogen-bond donors (Lipinski definition) is 2. The number of nitrogens with one attached hydrogen (secondary N) is 2. The number of aryl methyl sites for hydroxylation is 1. The van der Waals surface area contributed by atoms with Crippen LogP contribution < -0.4 is 15.4 Å². The van der Waals surface area contributed by atoms with Crippen LogP contribution >= 0.6 is 11.6 Å². The first-order valence-corrected chi connectivity index (χ1v) is 8.20. The number of aromatic nitrogens is 2. The van der Waals surface area contributed by atoms with Crippen LogP contribution in [0.1, 0.15) is 12.2 Å². The molecule has 1 heterocycles. The number of methoxy groups -OCH3 is 1. The lowest BCUT2D eigenvalue weighted by Crippen LogP contribution is -2.16. The topological polar surface area (TPSA) is 62.3 Å². The summed E-state index contributed by atoms with van der Waals surface area (Å²) in [6.07, 6.45) is 1.04. The maximum Gasteiger partial charge on any atom is 0.142 e. The molecule has 2 N–H and O–H groups in total. The Labute approximate surface area is 148 Å². The molecule has 0 aliphatic rings. The monoisotopic (exact) mass is 349 g/mol. The van der Waals surface area contributed by atoms with E-state index in [1.165, 1.54) is 0 Å². The number of nitrogens with zero attached hydrogens (tertiary/aromatic N) is 3. The maximum absolute atomic E-state index is 6.07. The quantitative estimate of drug-likeness (QED) is 0.710. The van der Waals surface area contributed by atoms with Crippen molar-refractivity contribution in [1.29, 1.82) is 0 Å². The van der Waals surface area contributed by atoms with Crippen LogP contribution in [0.4, 0.5) is 17.3 Å². The minimum absolute atomic E-state index is 0.631. The van der Waals surface area contributed by atoms with Crippen LogP contribution in [-0.2, 0) is 0 Å². The molecule has 0 atom stereocenters. The third-order valence-corrected chi connectivity index (χ3v) is 3.59. The first-order chi connectivity index (χ1) is 11.5. The fraction of sp³-hybridized carbons (Fsp3) is 0.412. The van der Waals surface area contributed by atoms with E-state index in [0.29, 0.717) is 22.4 Å². The fourth-order valence-electron chi connectivity index (χ4n) is 2.25. The van der Waals surface area contributed by atoms with Crippen molar-refractivity contribution in [3.63, 3.8) is 0 Å². The van der Waals surface area contributed by atoms with Crippen molar-refractivity contribution in [2.24, 2.45) is 0 Å². The van der Waals surface area contributed by atoms with Crippen molar-refractivity contribution in [3.8, 4) is 5.75 Å². The van der Waals surface area contributed by atoms with Crippen molar-refractivity contribution < 1.29 is 4.74 Å². The number of anilines is 3. The van der Waals surface area contributed by atoms with Gasteiger partial charge in [0, 0.05) is 17.6 Å². The highest BCUT2D eigenvalue weighted by atomic mass is 35.5. The first kappa shape index (κ1) is 18.3. The summed E-state index contributed by atoms with van der Waals surface area (Å²) in [7, 11) is 5.75. The molecule has 24 heavy (non-hydrogen) atoms. The van der Waals surface area contributed by atoms with Crippen LogP contribution in [0.5, 0.6) is 5.75 Å². The number of benzene rings is 1. The second kappa shape index (κ2) is 8.70. The summed E-state index contributed by atoms with van der Waals surface area (Å²) in [5.74, 6) is 2.88. The van der Waals surface area contributed by atoms with E-state index < -0.39 is 0 Å². The summed E-state index contributed by atoms with van der Waals surface area (Å²) >= 11 is 6.07. The van der Waals surface area contributed by atoms with Crippen LogP contribution in [0.25, 0.3) is 0 Å². The lowest BCUT2D eigenvalue weighted by molar-refractivity contribution is 0.405. The molecule has 2 rings (SSSR count). The van der Waals surface area contributed by atoms with Gasteiger partial charge in [-0.2, -0.15) is 0 Å². The second-order valence-electron chi connectivity index (χ2n) is 5.74. The molecule has 1 aromatic heterocycles. The Morgan fingerprint density at radius 1 is 1.17 bits per heavy atom. The maximum atomic E-state index is 6.07. The van der Waals surface area contributed by atoms with Crippen LogP contribution in [0.15, 0.2) is 24.3 Å². The number of hydrogen-bond acceptors (Lipinski definition) is 6. The molecule has 0 aliphatic heterocycles. The van der Waals surface area contributed by atoms with Gasteiger partial charge in [0.15, 0.2) is 0 Å². The Morgan fingerprint density at radius 3 is 2.62 bits per heavy atom. The van der Waals surface area contributed by atoms with E-state index in [0.717, 1.165) is 31.0 Å². The van der Waals surface area contributed by atoms with E-state index in [9.17, 15) is 0 Å². The molecule has 130 valence electrons. The predicted molar refractivity (Wildman–Crippen MR) is 99.7 cm³/mol. The van der Waals surface area contributed by atoms with E-state index in [1.807, 2.05) is 25.1 Å². The van der Waals surface area contributed by atoms with Crippen LogP contribution in [0.3, 0.4) is 0 Å². The molecule has 0 spiro atoms. The number of halogens is 1. The molecular weight excluding hydrogens is 326 g/mol. The molecule has 0 bridgehead atoms. The van der Waals surface area contributed by atoms with E-state index >= 15 is 0 Å². The van der Waals surface area contributed by atoms with E-state index in [1.54, 1.807) is 13.2 Å². The van der Waals surface area contributed by atoms with Crippen LogP contribution in [-0.4, -0.2) is 49.2 Å². The SMILES string of the molecule is COc1ccc(Cl)cc1Nc1cc(NCCCN(C)C)nc(C)n1. The van der Waals surface area contributed by atoms with Crippen molar-refractivity contribution >= 4 is 28.9 Å². The highest BCUT2D eigenvalue weighted by molar-refractivity contribution is 6.31. The minimum Gasteiger partial charge on any atom is -0.495 e. The fourth-order valence-corrected chi connectivity index (χ4v) is 2.42. The molecule has 0 fully saturated rings. The summed E-state index contributed by atoms with van der Waals surface area (Å²) < 4.78 is 5.35. The predicted octanol–water partition coefficient (Wildman–Crippen LogP) is 3.55. The lowest BCUT2D eigenvalue weighted by Gasteiger charge is -2.13. The van der Waals surface area contributed by atoms with E-state index in [2.05, 4.69) is 39.6 Å². The number of ether oxygens (including phenoxy) is 1. The van der Waals surface area contributed by atoms with Gasteiger partial charge < -0.3 is 20.3 Å². The molecule has 0 saturated carbocycles. The van der Waals surface area contributed by atoms with Gasteiger partial charge in [-0.1, -0.05) is 11.6 Å². The average Bonchev–Trinajstić information content (AvgIpc) is 2.51. The molecule has 1 aromatic carbocycles. The third kappa shape index (κ3) is 5.54.